The van der Waals surface area contributed by atoms with E-state index < -0.39 is 0 Å². The third-order valence-corrected chi connectivity index (χ3v) is 6.04. The zero-order chi connectivity index (χ0) is 13.9. The molecule has 19 heavy (non-hydrogen) atoms. The predicted molar refractivity (Wildman–Crippen MR) is 83.5 cm³/mol. The molecule has 0 aromatic carbocycles. The zero-order valence-corrected chi connectivity index (χ0v) is 13.5. The smallest absolute Gasteiger partial charge is 0.0359 e. The fourth-order valence-electron chi connectivity index (χ4n) is 4.71. The van der Waals surface area contributed by atoms with Gasteiger partial charge in [-0.25, -0.2) is 0 Å². The molecule has 0 aromatic heterocycles. The molecule has 2 heteroatoms. The van der Waals surface area contributed by atoms with Gasteiger partial charge in [-0.2, -0.15) is 0 Å². The topological polar surface area (TPSA) is 15.3 Å². The SMILES string of the molecule is CNC(C1CCCCC1)C1(N(C)C)CCC(C)CC1. The van der Waals surface area contributed by atoms with E-state index in [9.17, 15) is 0 Å². The first-order valence-corrected chi connectivity index (χ1v) is 8.45. The lowest BCUT2D eigenvalue weighted by Gasteiger charge is -2.52. The molecule has 0 saturated heterocycles. The van der Waals surface area contributed by atoms with Crippen molar-refractivity contribution in [1.29, 1.82) is 0 Å². The van der Waals surface area contributed by atoms with Gasteiger partial charge < -0.3 is 10.2 Å². The molecule has 0 amide bonds. The summed E-state index contributed by atoms with van der Waals surface area (Å²) in [5.41, 5.74) is 0.406. The van der Waals surface area contributed by atoms with Gasteiger partial charge in [0.2, 0.25) is 0 Å². The Morgan fingerprint density at radius 3 is 2.05 bits per heavy atom. The van der Waals surface area contributed by atoms with Crippen LogP contribution in [-0.2, 0) is 0 Å². The average molecular weight is 266 g/mol. The largest absolute Gasteiger partial charge is 0.315 e. The Balaban J connectivity index is 2.15. The molecule has 112 valence electrons. The number of nitrogens with one attached hydrogen (secondary N) is 1. The van der Waals surface area contributed by atoms with Crippen LogP contribution in [-0.4, -0.2) is 37.6 Å². The van der Waals surface area contributed by atoms with Crippen LogP contribution in [0.15, 0.2) is 0 Å². The van der Waals surface area contributed by atoms with Gasteiger partial charge in [0.25, 0.3) is 0 Å². The second-order valence-corrected chi connectivity index (χ2v) is 7.34. The third-order valence-electron chi connectivity index (χ3n) is 6.04. The van der Waals surface area contributed by atoms with Gasteiger partial charge in [0.15, 0.2) is 0 Å². The molecule has 0 bridgehead atoms. The quantitative estimate of drug-likeness (QED) is 0.835. The summed E-state index contributed by atoms with van der Waals surface area (Å²) in [4.78, 5) is 2.55. The molecule has 2 aliphatic carbocycles. The van der Waals surface area contributed by atoms with Gasteiger partial charge in [-0.1, -0.05) is 26.2 Å². The Labute approximate surface area is 120 Å². The Bertz CT molecular complexity index is 260. The fraction of sp³-hybridized carbons (Fsp3) is 1.00. The summed E-state index contributed by atoms with van der Waals surface area (Å²) in [6.07, 6.45) is 12.8. The summed E-state index contributed by atoms with van der Waals surface area (Å²) in [6, 6.07) is 0.690. The van der Waals surface area contributed by atoms with Crippen molar-refractivity contribution in [3.63, 3.8) is 0 Å². The molecule has 2 aliphatic rings. The van der Waals surface area contributed by atoms with Crippen LogP contribution >= 0.6 is 0 Å². The highest BCUT2D eigenvalue weighted by Gasteiger charge is 2.45. The number of likely N-dealkylation sites (N-methyl/N-ethyl adjacent to an activating group) is 2. The van der Waals surface area contributed by atoms with Crippen molar-refractivity contribution in [2.75, 3.05) is 21.1 Å². The van der Waals surface area contributed by atoms with Crippen molar-refractivity contribution in [1.82, 2.24) is 10.2 Å². The molecular formula is C17H34N2. The number of rotatable bonds is 4. The van der Waals surface area contributed by atoms with E-state index >= 15 is 0 Å². The Morgan fingerprint density at radius 1 is 1.00 bits per heavy atom. The summed E-state index contributed by atoms with van der Waals surface area (Å²) in [7, 11) is 6.81. The molecule has 1 N–H and O–H groups in total. The molecule has 2 nitrogen and oxygen atoms in total. The van der Waals surface area contributed by atoms with Crippen molar-refractivity contribution < 1.29 is 0 Å². The van der Waals surface area contributed by atoms with Crippen LogP contribution in [0, 0.1) is 11.8 Å². The molecule has 0 radical (unpaired) electrons. The molecule has 0 heterocycles. The van der Waals surface area contributed by atoms with E-state index in [2.05, 4.69) is 38.3 Å². The summed E-state index contributed by atoms with van der Waals surface area (Å²) >= 11 is 0. The number of hydrogen-bond acceptors (Lipinski definition) is 2. The van der Waals surface area contributed by atoms with Crippen LogP contribution < -0.4 is 5.32 Å². The van der Waals surface area contributed by atoms with Crippen LogP contribution in [0.1, 0.15) is 64.7 Å². The maximum Gasteiger partial charge on any atom is 0.0359 e. The minimum atomic E-state index is 0.406. The van der Waals surface area contributed by atoms with E-state index in [-0.39, 0.29) is 0 Å². The highest BCUT2D eigenvalue weighted by atomic mass is 15.2. The van der Waals surface area contributed by atoms with E-state index in [0.29, 0.717) is 11.6 Å². The third kappa shape index (κ3) is 3.16. The Morgan fingerprint density at radius 2 is 1.58 bits per heavy atom. The fourth-order valence-corrected chi connectivity index (χ4v) is 4.71. The number of hydrogen-bond donors (Lipinski definition) is 1. The standard InChI is InChI=1S/C17H34N2/c1-14-10-12-17(13-11-14,19(3)4)16(18-2)15-8-6-5-7-9-15/h14-16,18H,5-13H2,1-4H3. The van der Waals surface area contributed by atoms with Gasteiger partial charge in [0.1, 0.15) is 0 Å². The van der Waals surface area contributed by atoms with Crippen molar-refractivity contribution in [3.05, 3.63) is 0 Å². The van der Waals surface area contributed by atoms with E-state index in [1.807, 2.05) is 0 Å². The van der Waals surface area contributed by atoms with Crippen molar-refractivity contribution >= 4 is 0 Å². The monoisotopic (exact) mass is 266 g/mol. The lowest BCUT2D eigenvalue weighted by Crippen LogP contribution is -2.62. The zero-order valence-electron chi connectivity index (χ0n) is 13.5. The van der Waals surface area contributed by atoms with E-state index in [1.54, 1.807) is 0 Å². The van der Waals surface area contributed by atoms with Crippen molar-refractivity contribution in [3.8, 4) is 0 Å². The highest BCUT2D eigenvalue weighted by molar-refractivity contribution is 5.03. The van der Waals surface area contributed by atoms with Crippen LogP contribution in [0.3, 0.4) is 0 Å². The lowest BCUT2D eigenvalue weighted by molar-refractivity contribution is 0.0165. The molecular weight excluding hydrogens is 232 g/mol. The molecule has 2 rings (SSSR count). The number of nitrogens with zero attached hydrogens (tertiary/aromatic N) is 1. The summed E-state index contributed by atoms with van der Waals surface area (Å²) in [6.45, 7) is 2.43. The minimum Gasteiger partial charge on any atom is -0.315 e. The van der Waals surface area contributed by atoms with Gasteiger partial charge in [0.05, 0.1) is 0 Å². The first-order valence-electron chi connectivity index (χ1n) is 8.45. The molecule has 2 saturated carbocycles. The summed E-state index contributed by atoms with van der Waals surface area (Å²) in [5, 5.41) is 3.74. The molecule has 0 spiro atoms. The first kappa shape index (κ1) is 15.3. The van der Waals surface area contributed by atoms with Crippen LogP contribution in [0.4, 0.5) is 0 Å². The maximum absolute atomic E-state index is 3.74. The lowest BCUT2D eigenvalue weighted by atomic mass is 9.66. The normalized spacial score (nSPS) is 35.5. The molecule has 1 unspecified atom stereocenters. The Kier molecular flexibility index (Phi) is 5.30. The van der Waals surface area contributed by atoms with Crippen molar-refractivity contribution in [2.45, 2.75) is 76.3 Å². The van der Waals surface area contributed by atoms with Crippen molar-refractivity contribution in [2.24, 2.45) is 11.8 Å². The van der Waals surface area contributed by atoms with E-state index in [1.165, 1.54) is 57.8 Å². The molecule has 0 aliphatic heterocycles. The second-order valence-electron chi connectivity index (χ2n) is 7.34. The summed E-state index contributed by atoms with van der Waals surface area (Å²) in [5.74, 6) is 1.83. The van der Waals surface area contributed by atoms with Crippen LogP contribution in [0.25, 0.3) is 0 Å². The second kappa shape index (κ2) is 6.58. The first-order chi connectivity index (χ1) is 9.10. The Hall–Kier alpha value is -0.0800. The van der Waals surface area contributed by atoms with Gasteiger partial charge in [-0.05, 0) is 71.5 Å². The summed E-state index contributed by atoms with van der Waals surface area (Å²) < 4.78 is 0. The molecule has 2 fully saturated rings. The van der Waals surface area contributed by atoms with Gasteiger partial charge in [-0.3, -0.25) is 0 Å². The minimum absolute atomic E-state index is 0.406. The maximum atomic E-state index is 3.74. The average Bonchev–Trinajstić information content (AvgIpc) is 2.43. The molecule has 0 aromatic rings. The van der Waals surface area contributed by atoms with Gasteiger partial charge in [-0.15, -0.1) is 0 Å². The van der Waals surface area contributed by atoms with E-state index in [4.69, 9.17) is 0 Å². The predicted octanol–water partition coefficient (Wildman–Crippen LogP) is 3.67. The van der Waals surface area contributed by atoms with E-state index in [0.717, 1.165) is 11.8 Å². The molecule has 1 atom stereocenters. The highest BCUT2D eigenvalue weighted by Crippen LogP contribution is 2.42. The van der Waals surface area contributed by atoms with Gasteiger partial charge >= 0.3 is 0 Å². The van der Waals surface area contributed by atoms with Crippen LogP contribution in [0.2, 0.25) is 0 Å². The van der Waals surface area contributed by atoms with Gasteiger partial charge in [0, 0.05) is 11.6 Å². The van der Waals surface area contributed by atoms with Crippen LogP contribution in [0.5, 0.6) is 0 Å².